The van der Waals surface area contributed by atoms with Gasteiger partial charge in [0.1, 0.15) is 0 Å². The summed E-state index contributed by atoms with van der Waals surface area (Å²) < 4.78 is 29.5. The number of hydrogen-bond donors (Lipinski definition) is 1. The Kier molecular flexibility index (Phi) is 7.36. The number of rotatable bonds is 5. The van der Waals surface area contributed by atoms with Crippen LogP contribution in [0.2, 0.25) is 0 Å². The average Bonchev–Trinajstić information content (AvgIpc) is 2.69. The van der Waals surface area contributed by atoms with Crippen LogP contribution < -0.4 is 5.32 Å². The molecule has 1 heterocycles. The lowest BCUT2D eigenvalue weighted by molar-refractivity contribution is -0.128. The Morgan fingerprint density at radius 3 is 2.20 bits per heavy atom. The molecule has 0 saturated carbocycles. The summed E-state index contributed by atoms with van der Waals surface area (Å²) in [5.41, 5.74) is 1.12. The highest BCUT2D eigenvalue weighted by Crippen LogP contribution is 2.42. The smallest absolute Gasteiger partial charge is 0.224 e. The van der Waals surface area contributed by atoms with Gasteiger partial charge in [-0.25, -0.2) is 8.78 Å². The highest BCUT2D eigenvalue weighted by Gasteiger charge is 2.44. The van der Waals surface area contributed by atoms with Crippen molar-refractivity contribution in [3.63, 3.8) is 0 Å². The molecule has 3 nitrogen and oxygen atoms in total. The van der Waals surface area contributed by atoms with Gasteiger partial charge in [-0.05, 0) is 81.4 Å². The lowest BCUT2D eigenvalue weighted by Crippen LogP contribution is -2.50. The second kappa shape index (κ2) is 9.45. The van der Waals surface area contributed by atoms with Crippen LogP contribution in [0.5, 0.6) is 0 Å². The third kappa shape index (κ3) is 4.94. The van der Waals surface area contributed by atoms with Crippen molar-refractivity contribution in [2.24, 2.45) is 5.92 Å². The summed E-state index contributed by atoms with van der Waals surface area (Å²) in [6.07, 6.45) is 1.42. The maximum Gasteiger partial charge on any atom is 0.224 e. The van der Waals surface area contributed by atoms with Gasteiger partial charge in [0, 0.05) is 20.3 Å². The number of halogens is 4. The van der Waals surface area contributed by atoms with Gasteiger partial charge in [-0.2, -0.15) is 0 Å². The number of nitrogens with zero attached hydrogens (tertiary/aromatic N) is 1. The summed E-state index contributed by atoms with van der Waals surface area (Å²) in [7, 11) is 2.03. The van der Waals surface area contributed by atoms with Crippen LogP contribution in [0.15, 0.2) is 45.3 Å². The quantitative estimate of drug-likeness (QED) is 0.504. The third-order valence-corrected chi connectivity index (χ3v) is 7.26. The Morgan fingerprint density at radius 2 is 1.63 bits per heavy atom. The molecule has 0 aliphatic carbocycles. The third-order valence-electron chi connectivity index (χ3n) is 6.34. The minimum absolute atomic E-state index is 0.0899. The Morgan fingerprint density at radius 1 is 1.03 bits per heavy atom. The number of piperidine rings is 1. The molecule has 7 heteroatoms. The van der Waals surface area contributed by atoms with Crippen LogP contribution in [0.3, 0.4) is 0 Å². The number of likely N-dealkylation sites (tertiary alicyclic amines) is 1. The van der Waals surface area contributed by atoms with Crippen LogP contribution in [0.25, 0.3) is 0 Å². The monoisotopic (exact) mass is 542 g/mol. The Hall–Kier alpha value is -1.31. The van der Waals surface area contributed by atoms with E-state index in [4.69, 9.17) is 0 Å². The molecular weight excluding hydrogens is 518 g/mol. The lowest BCUT2D eigenvalue weighted by atomic mass is 9.64. The van der Waals surface area contributed by atoms with Crippen molar-refractivity contribution in [2.45, 2.75) is 38.1 Å². The summed E-state index contributed by atoms with van der Waals surface area (Å²) >= 11 is 6.97. The van der Waals surface area contributed by atoms with Crippen LogP contribution in [-0.4, -0.2) is 30.9 Å². The summed E-state index contributed by atoms with van der Waals surface area (Å²) in [5.74, 6) is -2.22. The first-order chi connectivity index (χ1) is 14.1. The summed E-state index contributed by atoms with van der Waals surface area (Å²) in [5, 5.41) is 3.12. The van der Waals surface area contributed by atoms with Gasteiger partial charge >= 0.3 is 0 Å². The lowest BCUT2D eigenvalue weighted by Gasteiger charge is -2.45. The van der Waals surface area contributed by atoms with Gasteiger partial charge < -0.3 is 10.2 Å². The van der Waals surface area contributed by atoms with E-state index >= 15 is 0 Å². The molecule has 2 unspecified atom stereocenters. The maximum atomic E-state index is 14.1. The highest BCUT2D eigenvalue weighted by molar-refractivity contribution is 9.11. The molecule has 0 bridgehead atoms. The molecule has 2 aromatic rings. The first-order valence-electron chi connectivity index (χ1n) is 10.0. The summed E-state index contributed by atoms with van der Waals surface area (Å²) in [6.45, 7) is 5.43. The first-order valence-corrected chi connectivity index (χ1v) is 11.6. The molecule has 162 valence electrons. The molecule has 1 saturated heterocycles. The van der Waals surface area contributed by atoms with Crippen molar-refractivity contribution in [3.05, 3.63) is 68.1 Å². The van der Waals surface area contributed by atoms with Gasteiger partial charge in [0.15, 0.2) is 11.6 Å². The summed E-state index contributed by atoms with van der Waals surface area (Å²) in [6, 6.07) is 9.75. The number of carbonyl (C=O) groups is 1. The minimum atomic E-state index is -0.870. The molecule has 1 amide bonds. The fourth-order valence-corrected chi connectivity index (χ4v) is 5.62. The van der Waals surface area contributed by atoms with Crippen molar-refractivity contribution in [1.82, 2.24) is 10.2 Å². The molecule has 0 radical (unpaired) electrons. The van der Waals surface area contributed by atoms with E-state index in [0.717, 1.165) is 33.7 Å². The fourth-order valence-electron chi connectivity index (χ4n) is 4.29. The molecule has 30 heavy (non-hydrogen) atoms. The van der Waals surface area contributed by atoms with Gasteiger partial charge in [-0.15, -0.1) is 0 Å². The van der Waals surface area contributed by atoms with Crippen molar-refractivity contribution in [3.8, 4) is 0 Å². The van der Waals surface area contributed by atoms with Gasteiger partial charge in [0.2, 0.25) is 5.91 Å². The van der Waals surface area contributed by atoms with E-state index < -0.39 is 23.0 Å². The largest absolute Gasteiger partial charge is 0.349 e. The van der Waals surface area contributed by atoms with Gasteiger partial charge in [-0.1, -0.05) is 44.8 Å². The van der Waals surface area contributed by atoms with E-state index in [1.165, 1.54) is 6.07 Å². The molecule has 1 aliphatic heterocycles. The first kappa shape index (κ1) is 23.4. The molecule has 3 rings (SSSR count). The predicted octanol–water partition coefficient (Wildman–Crippen LogP) is 5.97. The number of nitrogens with one attached hydrogen (secondary N) is 1. The molecule has 0 aromatic heterocycles. The topological polar surface area (TPSA) is 32.3 Å². The van der Waals surface area contributed by atoms with Gasteiger partial charge in [0.25, 0.3) is 0 Å². The maximum absolute atomic E-state index is 14.1. The summed E-state index contributed by atoms with van der Waals surface area (Å²) in [4.78, 5) is 15.5. The molecular formula is C23H26Br2F2N2O. The zero-order valence-corrected chi connectivity index (χ0v) is 20.5. The Bertz CT molecular complexity index is 909. The van der Waals surface area contributed by atoms with Crippen LogP contribution in [0, 0.1) is 17.6 Å². The van der Waals surface area contributed by atoms with Crippen molar-refractivity contribution >= 4 is 37.8 Å². The second-order valence-electron chi connectivity index (χ2n) is 8.24. The molecule has 1 N–H and O–H groups in total. The second-order valence-corrected chi connectivity index (χ2v) is 10.1. The van der Waals surface area contributed by atoms with Gasteiger partial charge in [-0.3, -0.25) is 4.79 Å². The normalized spacial score (nSPS) is 18.6. The standard InChI is InChI=1S/C23H26Br2F2N2O/c1-14(22(30)28-15(2)16-10-18(24)13-19(25)11-16)23(6-8-29(3)9-7-23)17-4-5-20(26)21(27)12-17/h4-5,10-15H,6-9H2,1-3H3,(H,28,30). The number of hydrogen-bond acceptors (Lipinski definition) is 2. The Balaban J connectivity index is 1.87. The molecule has 1 aliphatic rings. The minimum Gasteiger partial charge on any atom is -0.349 e. The molecule has 1 fully saturated rings. The van der Waals surface area contributed by atoms with E-state index in [0.29, 0.717) is 18.4 Å². The zero-order chi connectivity index (χ0) is 22.1. The molecule has 2 atom stereocenters. The zero-order valence-electron chi connectivity index (χ0n) is 17.3. The fraction of sp³-hybridized carbons (Fsp3) is 0.435. The van der Waals surface area contributed by atoms with E-state index in [-0.39, 0.29) is 11.9 Å². The molecule has 2 aromatic carbocycles. The van der Waals surface area contributed by atoms with E-state index in [1.54, 1.807) is 6.07 Å². The molecule has 0 spiro atoms. The van der Waals surface area contributed by atoms with Crippen molar-refractivity contribution in [1.29, 1.82) is 0 Å². The van der Waals surface area contributed by atoms with Crippen molar-refractivity contribution in [2.75, 3.05) is 20.1 Å². The van der Waals surface area contributed by atoms with Crippen LogP contribution in [0.4, 0.5) is 8.78 Å². The van der Waals surface area contributed by atoms with Crippen LogP contribution in [-0.2, 0) is 10.2 Å². The van der Waals surface area contributed by atoms with E-state index in [1.807, 2.05) is 39.1 Å². The number of amides is 1. The SMILES string of the molecule is CC(NC(=O)C(C)C1(c2ccc(F)c(F)c2)CCN(C)CC1)c1cc(Br)cc(Br)c1. The van der Waals surface area contributed by atoms with Gasteiger partial charge in [0.05, 0.1) is 6.04 Å². The van der Waals surface area contributed by atoms with E-state index in [2.05, 4.69) is 42.1 Å². The predicted molar refractivity (Wildman–Crippen MR) is 122 cm³/mol. The van der Waals surface area contributed by atoms with E-state index in [9.17, 15) is 13.6 Å². The average molecular weight is 544 g/mol. The Labute approximate surface area is 193 Å². The van der Waals surface area contributed by atoms with Crippen LogP contribution in [0.1, 0.15) is 43.9 Å². The van der Waals surface area contributed by atoms with Crippen molar-refractivity contribution < 1.29 is 13.6 Å². The number of carbonyl (C=O) groups excluding carboxylic acids is 1. The number of benzene rings is 2. The van der Waals surface area contributed by atoms with Crippen LogP contribution >= 0.6 is 31.9 Å². The highest BCUT2D eigenvalue weighted by atomic mass is 79.9.